The van der Waals surface area contributed by atoms with Crippen LogP contribution in [0.3, 0.4) is 0 Å². The fourth-order valence-electron chi connectivity index (χ4n) is 3.16. The van der Waals surface area contributed by atoms with Crippen LogP contribution in [0, 0.1) is 11.8 Å². The van der Waals surface area contributed by atoms with Crippen LogP contribution in [0.1, 0.15) is 26.2 Å². The van der Waals surface area contributed by atoms with Crippen LogP contribution in [0.25, 0.3) is 0 Å². The van der Waals surface area contributed by atoms with Gasteiger partial charge in [0.05, 0.1) is 0 Å². The number of hydrogen-bond donors (Lipinski definition) is 1. The van der Waals surface area contributed by atoms with Gasteiger partial charge < -0.3 is 15.5 Å². The van der Waals surface area contributed by atoms with E-state index in [9.17, 15) is 4.79 Å². The summed E-state index contributed by atoms with van der Waals surface area (Å²) >= 11 is 0. The number of carbonyl (C=O) groups is 1. The summed E-state index contributed by atoms with van der Waals surface area (Å²) in [7, 11) is 0. The molecule has 2 rings (SSSR count). The molecule has 2 atom stereocenters. The minimum absolute atomic E-state index is 0.216. The van der Waals surface area contributed by atoms with Gasteiger partial charge in [-0.25, -0.2) is 0 Å². The second-order valence-corrected chi connectivity index (χ2v) is 5.29. The topological polar surface area (TPSA) is 49.6 Å². The van der Waals surface area contributed by atoms with Gasteiger partial charge in [0.2, 0.25) is 5.91 Å². The third-order valence-electron chi connectivity index (χ3n) is 4.41. The van der Waals surface area contributed by atoms with Crippen molar-refractivity contribution in [1.82, 2.24) is 9.80 Å². The standard InChI is InChI=1S/C13H25N3O/c1-2-15-6-8-16(9-7-15)13(17)12-5-3-4-11(12)10-14/h11-12H,2-10,14H2,1H3/t11-,12-/m1/s1. The first-order valence-electron chi connectivity index (χ1n) is 6.97. The summed E-state index contributed by atoms with van der Waals surface area (Å²) in [4.78, 5) is 16.9. The van der Waals surface area contributed by atoms with E-state index in [1.165, 1.54) is 6.42 Å². The molecular formula is C13H25N3O. The molecule has 1 heterocycles. The number of rotatable bonds is 3. The van der Waals surface area contributed by atoms with Gasteiger partial charge in [0.25, 0.3) is 0 Å². The van der Waals surface area contributed by atoms with Crippen LogP contribution in [-0.2, 0) is 4.79 Å². The molecule has 1 saturated heterocycles. The molecule has 4 heteroatoms. The molecular weight excluding hydrogens is 214 g/mol. The van der Waals surface area contributed by atoms with Gasteiger partial charge in [-0.2, -0.15) is 0 Å². The number of hydrogen-bond acceptors (Lipinski definition) is 3. The Balaban J connectivity index is 1.88. The molecule has 2 aliphatic rings. The van der Waals surface area contributed by atoms with Crippen LogP contribution in [0.4, 0.5) is 0 Å². The van der Waals surface area contributed by atoms with Crippen LogP contribution in [0.15, 0.2) is 0 Å². The number of carbonyl (C=O) groups excluding carboxylic acids is 1. The van der Waals surface area contributed by atoms with Crippen molar-refractivity contribution in [3.8, 4) is 0 Å². The van der Waals surface area contributed by atoms with Crippen molar-refractivity contribution in [2.45, 2.75) is 26.2 Å². The monoisotopic (exact) mass is 239 g/mol. The van der Waals surface area contributed by atoms with Crippen molar-refractivity contribution in [2.75, 3.05) is 39.3 Å². The van der Waals surface area contributed by atoms with E-state index in [-0.39, 0.29) is 5.92 Å². The minimum Gasteiger partial charge on any atom is -0.340 e. The van der Waals surface area contributed by atoms with E-state index in [1.807, 2.05) is 0 Å². The van der Waals surface area contributed by atoms with Crippen molar-refractivity contribution in [3.63, 3.8) is 0 Å². The Bertz CT molecular complexity index is 261. The predicted octanol–water partition coefficient (Wildman–Crippen LogP) is 0.526. The molecule has 0 radical (unpaired) electrons. The lowest BCUT2D eigenvalue weighted by Crippen LogP contribution is -2.50. The highest BCUT2D eigenvalue weighted by molar-refractivity contribution is 5.79. The summed E-state index contributed by atoms with van der Waals surface area (Å²) in [5.41, 5.74) is 5.76. The summed E-state index contributed by atoms with van der Waals surface area (Å²) in [5.74, 6) is 1.02. The lowest BCUT2D eigenvalue weighted by Gasteiger charge is -2.36. The van der Waals surface area contributed by atoms with Crippen molar-refractivity contribution >= 4 is 5.91 Å². The van der Waals surface area contributed by atoms with Gasteiger partial charge in [-0.3, -0.25) is 4.79 Å². The smallest absolute Gasteiger partial charge is 0.226 e. The van der Waals surface area contributed by atoms with E-state index >= 15 is 0 Å². The van der Waals surface area contributed by atoms with E-state index in [0.29, 0.717) is 18.4 Å². The lowest BCUT2D eigenvalue weighted by molar-refractivity contribution is -0.138. The Labute approximate surface area is 104 Å². The molecule has 0 unspecified atom stereocenters. The fraction of sp³-hybridized carbons (Fsp3) is 0.923. The molecule has 1 amide bonds. The molecule has 17 heavy (non-hydrogen) atoms. The van der Waals surface area contributed by atoms with Crippen LogP contribution in [0.2, 0.25) is 0 Å². The second kappa shape index (κ2) is 5.83. The molecule has 2 N–H and O–H groups in total. The first-order valence-corrected chi connectivity index (χ1v) is 6.97. The van der Waals surface area contributed by atoms with E-state index in [4.69, 9.17) is 5.73 Å². The third kappa shape index (κ3) is 2.80. The third-order valence-corrected chi connectivity index (χ3v) is 4.41. The molecule has 1 aliphatic heterocycles. The number of piperazine rings is 1. The molecule has 2 fully saturated rings. The van der Waals surface area contributed by atoms with Crippen molar-refractivity contribution in [2.24, 2.45) is 17.6 Å². The molecule has 4 nitrogen and oxygen atoms in total. The highest BCUT2D eigenvalue weighted by Gasteiger charge is 2.35. The Kier molecular flexibility index (Phi) is 4.40. The normalized spacial score (nSPS) is 30.8. The van der Waals surface area contributed by atoms with E-state index in [2.05, 4.69) is 16.7 Å². The molecule has 0 aromatic carbocycles. The summed E-state index contributed by atoms with van der Waals surface area (Å²) in [5, 5.41) is 0. The van der Waals surface area contributed by atoms with Crippen LogP contribution >= 0.6 is 0 Å². The molecule has 98 valence electrons. The maximum Gasteiger partial charge on any atom is 0.226 e. The van der Waals surface area contributed by atoms with E-state index in [1.54, 1.807) is 0 Å². The SMILES string of the molecule is CCN1CCN(C(=O)[C@@H]2CCC[C@@H]2CN)CC1. The van der Waals surface area contributed by atoms with Crippen molar-refractivity contribution in [1.29, 1.82) is 0 Å². The maximum absolute atomic E-state index is 12.4. The lowest BCUT2D eigenvalue weighted by atomic mass is 9.94. The zero-order valence-corrected chi connectivity index (χ0v) is 10.9. The molecule has 0 aromatic heterocycles. The van der Waals surface area contributed by atoms with Gasteiger partial charge in [-0.1, -0.05) is 13.3 Å². The highest BCUT2D eigenvalue weighted by atomic mass is 16.2. The Morgan fingerprint density at radius 2 is 1.94 bits per heavy atom. The number of nitrogens with two attached hydrogens (primary N) is 1. The number of likely N-dealkylation sites (N-methyl/N-ethyl adjacent to an activating group) is 1. The first kappa shape index (κ1) is 12.8. The second-order valence-electron chi connectivity index (χ2n) is 5.29. The molecule has 0 aromatic rings. The summed E-state index contributed by atoms with van der Waals surface area (Å²) in [6, 6.07) is 0. The van der Waals surface area contributed by atoms with Crippen LogP contribution in [-0.4, -0.2) is 55.0 Å². The maximum atomic E-state index is 12.4. The highest BCUT2D eigenvalue weighted by Crippen LogP contribution is 2.32. The summed E-state index contributed by atoms with van der Waals surface area (Å²) < 4.78 is 0. The average molecular weight is 239 g/mol. The molecule has 1 aliphatic carbocycles. The van der Waals surface area contributed by atoms with Gasteiger partial charge in [0.15, 0.2) is 0 Å². The number of nitrogens with zero attached hydrogens (tertiary/aromatic N) is 2. The van der Waals surface area contributed by atoms with E-state index < -0.39 is 0 Å². The Morgan fingerprint density at radius 3 is 2.53 bits per heavy atom. The quantitative estimate of drug-likeness (QED) is 0.781. The van der Waals surface area contributed by atoms with Gasteiger partial charge >= 0.3 is 0 Å². The predicted molar refractivity (Wildman–Crippen MR) is 68.6 cm³/mol. The van der Waals surface area contributed by atoms with Gasteiger partial charge in [0, 0.05) is 32.1 Å². The Morgan fingerprint density at radius 1 is 1.24 bits per heavy atom. The molecule has 0 bridgehead atoms. The molecule has 0 spiro atoms. The van der Waals surface area contributed by atoms with Crippen LogP contribution in [0.5, 0.6) is 0 Å². The Hall–Kier alpha value is -0.610. The number of amides is 1. The van der Waals surface area contributed by atoms with Crippen molar-refractivity contribution < 1.29 is 4.79 Å². The first-order chi connectivity index (χ1) is 8.26. The zero-order valence-electron chi connectivity index (χ0n) is 10.9. The van der Waals surface area contributed by atoms with Gasteiger partial charge in [-0.05, 0) is 31.8 Å². The van der Waals surface area contributed by atoms with Crippen LogP contribution < -0.4 is 5.73 Å². The summed E-state index contributed by atoms with van der Waals surface area (Å²) in [6.45, 7) is 7.81. The van der Waals surface area contributed by atoms with Gasteiger partial charge in [-0.15, -0.1) is 0 Å². The minimum atomic E-state index is 0.216. The van der Waals surface area contributed by atoms with Crippen molar-refractivity contribution in [3.05, 3.63) is 0 Å². The largest absolute Gasteiger partial charge is 0.340 e. The van der Waals surface area contributed by atoms with E-state index in [0.717, 1.165) is 45.6 Å². The zero-order chi connectivity index (χ0) is 12.3. The molecule has 1 saturated carbocycles. The summed E-state index contributed by atoms with van der Waals surface area (Å²) in [6.07, 6.45) is 3.36. The fourth-order valence-corrected chi connectivity index (χ4v) is 3.16. The van der Waals surface area contributed by atoms with Gasteiger partial charge in [0.1, 0.15) is 0 Å². The average Bonchev–Trinajstić information content (AvgIpc) is 2.86.